The summed E-state index contributed by atoms with van der Waals surface area (Å²) < 4.78 is 0. The van der Waals surface area contributed by atoms with Crippen molar-refractivity contribution in [2.24, 2.45) is 0 Å². The Kier molecular flexibility index (Phi) is 7.27. The van der Waals surface area contributed by atoms with Gasteiger partial charge in [-0.2, -0.15) is 0 Å². The van der Waals surface area contributed by atoms with Crippen LogP contribution in [0.4, 0.5) is 0 Å². The van der Waals surface area contributed by atoms with Gasteiger partial charge in [-0.3, -0.25) is 9.59 Å². The first-order valence-electron chi connectivity index (χ1n) is 8.64. The van der Waals surface area contributed by atoms with Crippen molar-refractivity contribution >= 4 is 23.6 Å². The lowest BCUT2D eigenvalue weighted by molar-refractivity contribution is -0.120. The molecule has 0 radical (unpaired) electrons. The first-order valence-corrected chi connectivity index (χ1v) is 9.62. The maximum atomic E-state index is 12.0. The largest absolute Gasteiger partial charge is 0.352 e. The van der Waals surface area contributed by atoms with Crippen LogP contribution in [0, 0.1) is 13.8 Å². The lowest BCUT2D eigenvalue weighted by Gasteiger charge is -2.11. The molecule has 0 saturated heterocycles. The molecule has 0 saturated carbocycles. The van der Waals surface area contributed by atoms with Crippen LogP contribution in [0.2, 0.25) is 0 Å². The first-order chi connectivity index (χ1) is 12.4. The summed E-state index contributed by atoms with van der Waals surface area (Å²) in [4.78, 5) is 26.6. The summed E-state index contributed by atoms with van der Waals surface area (Å²) >= 11 is 1.70. The van der Waals surface area contributed by atoms with Crippen molar-refractivity contribution in [3.05, 3.63) is 64.7 Å². The minimum absolute atomic E-state index is 0.0241. The molecule has 0 aliphatic heterocycles. The van der Waals surface area contributed by atoms with Crippen molar-refractivity contribution in [1.29, 1.82) is 0 Å². The highest BCUT2D eigenvalue weighted by Gasteiger charge is 2.08. The monoisotopic (exact) mass is 370 g/mol. The Balaban J connectivity index is 1.74. The predicted molar refractivity (Wildman–Crippen MR) is 108 cm³/mol. The van der Waals surface area contributed by atoms with Gasteiger partial charge >= 0.3 is 0 Å². The van der Waals surface area contributed by atoms with Gasteiger partial charge < -0.3 is 10.2 Å². The fourth-order valence-corrected chi connectivity index (χ4v) is 3.33. The van der Waals surface area contributed by atoms with Crippen LogP contribution in [-0.4, -0.2) is 36.6 Å². The fraction of sp³-hybridized carbons (Fsp3) is 0.333. The van der Waals surface area contributed by atoms with E-state index >= 15 is 0 Å². The number of nitrogens with one attached hydrogen (secondary N) is 1. The normalized spacial score (nSPS) is 10.5. The summed E-state index contributed by atoms with van der Waals surface area (Å²) in [6.45, 7) is 4.67. The van der Waals surface area contributed by atoms with Crippen LogP contribution in [-0.2, 0) is 11.3 Å². The fourth-order valence-electron chi connectivity index (χ4n) is 2.38. The SMILES string of the molecule is Cc1ccc(SCCC(=O)NCc2ccc(C(=O)N(C)C)cc2)cc1C. The molecular weight excluding hydrogens is 344 g/mol. The van der Waals surface area contributed by atoms with Gasteiger partial charge in [0.25, 0.3) is 5.91 Å². The summed E-state index contributed by atoms with van der Waals surface area (Å²) in [5.74, 6) is 0.767. The predicted octanol–water partition coefficient (Wildman–Crippen LogP) is 3.80. The second-order valence-corrected chi connectivity index (χ2v) is 7.69. The molecule has 0 aromatic heterocycles. The van der Waals surface area contributed by atoms with Crippen molar-refractivity contribution < 1.29 is 9.59 Å². The van der Waals surface area contributed by atoms with Crippen molar-refractivity contribution in [1.82, 2.24) is 10.2 Å². The topological polar surface area (TPSA) is 49.4 Å². The second-order valence-electron chi connectivity index (χ2n) is 6.52. The van der Waals surface area contributed by atoms with Gasteiger partial charge in [-0.1, -0.05) is 18.2 Å². The summed E-state index contributed by atoms with van der Waals surface area (Å²) in [6, 6.07) is 13.7. The zero-order valence-electron chi connectivity index (χ0n) is 15.8. The van der Waals surface area contributed by atoms with Crippen LogP contribution in [0.3, 0.4) is 0 Å². The molecule has 2 aromatic rings. The van der Waals surface area contributed by atoms with Gasteiger partial charge in [0.15, 0.2) is 0 Å². The molecule has 0 aliphatic rings. The molecular formula is C21H26N2O2S. The molecule has 0 atom stereocenters. The number of amides is 2. The lowest BCUT2D eigenvalue weighted by atomic mass is 10.1. The van der Waals surface area contributed by atoms with Gasteiger partial charge in [0.05, 0.1) is 0 Å². The van der Waals surface area contributed by atoms with Crippen molar-refractivity contribution in [3.63, 3.8) is 0 Å². The minimum atomic E-state index is -0.0241. The zero-order valence-corrected chi connectivity index (χ0v) is 16.7. The number of thioether (sulfide) groups is 1. The third-order valence-electron chi connectivity index (χ3n) is 4.17. The number of carbonyl (C=O) groups excluding carboxylic acids is 2. The molecule has 2 amide bonds. The molecule has 0 aliphatic carbocycles. The number of rotatable bonds is 7. The molecule has 5 heteroatoms. The van der Waals surface area contributed by atoms with Crippen molar-refractivity contribution in [2.45, 2.75) is 31.7 Å². The molecule has 138 valence electrons. The van der Waals surface area contributed by atoms with Gasteiger partial charge in [-0.25, -0.2) is 0 Å². The quantitative estimate of drug-likeness (QED) is 0.754. The Morgan fingerprint density at radius 1 is 1.00 bits per heavy atom. The van der Waals surface area contributed by atoms with Crippen LogP contribution in [0.1, 0.15) is 33.5 Å². The van der Waals surface area contributed by atoms with E-state index in [1.54, 1.807) is 42.9 Å². The van der Waals surface area contributed by atoms with Crippen molar-refractivity contribution in [2.75, 3.05) is 19.8 Å². The Morgan fingerprint density at radius 2 is 1.69 bits per heavy atom. The number of hydrogen-bond acceptors (Lipinski definition) is 3. The molecule has 4 nitrogen and oxygen atoms in total. The van der Waals surface area contributed by atoms with E-state index in [2.05, 4.69) is 37.4 Å². The van der Waals surface area contributed by atoms with E-state index in [1.807, 2.05) is 12.1 Å². The van der Waals surface area contributed by atoms with Crippen LogP contribution in [0.5, 0.6) is 0 Å². The van der Waals surface area contributed by atoms with E-state index < -0.39 is 0 Å². The van der Waals surface area contributed by atoms with Gasteiger partial charge in [-0.05, 0) is 54.8 Å². The van der Waals surface area contributed by atoms with E-state index in [1.165, 1.54) is 16.0 Å². The number of benzene rings is 2. The van der Waals surface area contributed by atoms with Gasteiger partial charge in [0, 0.05) is 43.3 Å². The number of hydrogen-bond donors (Lipinski definition) is 1. The second kappa shape index (κ2) is 9.43. The minimum Gasteiger partial charge on any atom is -0.352 e. The van der Waals surface area contributed by atoms with E-state index in [0.29, 0.717) is 18.5 Å². The standard InChI is InChI=1S/C21H26N2O2S/c1-15-5-10-19(13-16(15)2)26-12-11-20(24)22-14-17-6-8-18(9-7-17)21(25)23(3)4/h5-10,13H,11-12,14H2,1-4H3,(H,22,24). The maximum absolute atomic E-state index is 12.0. The molecule has 0 unspecified atom stereocenters. The van der Waals surface area contributed by atoms with E-state index in [9.17, 15) is 9.59 Å². The summed E-state index contributed by atoms with van der Waals surface area (Å²) in [7, 11) is 3.46. The van der Waals surface area contributed by atoms with Gasteiger partial charge in [0.1, 0.15) is 0 Å². The number of nitrogens with zero attached hydrogens (tertiary/aromatic N) is 1. The van der Waals surface area contributed by atoms with E-state index in [-0.39, 0.29) is 11.8 Å². The molecule has 2 aromatic carbocycles. The van der Waals surface area contributed by atoms with Crippen LogP contribution in [0.15, 0.2) is 47.4 Å². The molecule has 0 bridgehead atoms. The Bertz CT molecular complexity index is 770. The highest BCUT2D eigenvalue weighted by atomic mass is 32.2. The molecule has 0 heterocycles. The average molecular weight is 371 g/mol. The molecule has 0 spiro atoms. The molecule has 2 rings (SSSR count). The highest BCUT2D eigenvalue weighted by molar-refractivity contribution is 7.99. The average Bonchev–Trinajstić information content (AvgIpc) is 2.62. The maximum Gasteiger partial charge on any atom is 0.253 e. The summed E-state index contributed by atoms with van der Waals surface area (Å²) in [5, 5.41) is 2.93. The third kappa shape index (κ3) is 5.92. The third-order valence-corrected chi connectivity index (χ3v) is 5.17. The summed E-state index contributed by atoms with van der Waals surface area (Å²) in [6.07, 6.45) is 0.481. The zero-order chi connectivity index (χ0) is 19.1. The van der Waals surface area contributed by atoms with Crippen LogP contribution in [0.25, 0.3) is 0 Å². The van der Waals surface area contributed by atoms with Crippen LogP contribution < -0.4 is 5.32 Å². The molecule has 1 N–H and O–H groups in total. The Morgan fingerprint density at radius 3 is 2.31 bits per heavy atom. The molecule has 0 fully saturated rings. The highest BCUT2D eigenvalue weighted by Crippen LogP contribution is 2.21. The number of aryl methyl sites for hydroxylation is 2. The van der Waals surface area contributed by atoms with Crippen molar-refractivity contribution in [3.8, 4) is 0 Å². The van der Waals surface area contributed by atoms with E-state index in [4.69, 9.17) is 0 Å². The van der Waals surface area contributed by atoms with Crippen LogP contribution >= 0.6 is 11.8 Å². The summed E-state index contributed by atoms with van der Waals surface area (Å²) in [5.41, 5.74) is 4.19. The molecule has 26 heavy (non-hydrogen) atoms. The lowest BCUT2D eigenvalue weighted by Crippen LogP contribution is -2.23. The van der Waals surface area contributed by atoms with Gasteiger partial charge in [0.2, 0.25) is 5.91 Å². The first kappa shape index (κ1) is 20.0. The van der Waals surface area contributed by atoms with Gasteiger partial charge in [-0.15, -0.1) is 11.8 Å². The Hall–Kier alpha value is -2.27. The van der Waals surface area contributed by atoms with E-state index in [0.717, 1.165) is 11.3 Å². The number of carbonyl (C=O) groups is 2. The smallest absolute Gasteiger partial charge is 0.253 e. The Labute approximate surface area is 160 Å².